The molecule has 0 bridgehead atoms. The van der Waals surface area contributed by atoms with Crippen molar-refractivity contribution in [1.29, 1.82) is 0 Å². The van der Waals surface area contributed by atoms with Crippen LogP contribution in [0.2, 0.25) is 0 Å². The Hall–Kier alpha value is -3.32. The fourth-order valence-corrected chi connectivity index (χ4v) is 4.80. The van der Waals surface area contributed by atoms with Gasteiger partial charge in [-0.1, -0.05) is 35.9 Å². The monoisotopic (exact) mass is 461 g/mol. The van der Waals surface area contributed by atoms with Crippen LogP contribution in [0.4, 0.5) is 4.79 Å². The summed E-state index contributed by atoms with van der Waals surface area (Å²) in [4.78, 5) is 41.3. The van der Waals surface area contributed by atoms with Crippen LogP contribution < -0.4 is 5.32 Å². The van der Waals surface area contributed by atoms with E-state index in [0.717, 1.165) is 32.4 Å². The maximum atomic E-state index is 13.2. The zero-order valence-electron chi connectivity index (χ0n) is 19.4. The molecule has 33 heavy (non-hydrogen) atoms. The average Bonchev–Trinajstić information content (AvgIpc) is 3.21. The Morgan fingerprint density at radius 1 is 1.03 bits per heavy atom. The van der Waals surface area contributed by atoms with Crippen molar-refractivity contribution in [3.05, 3.63) is 82.7 Å². The smallest absolute Gasteiger partial charge is 0.319 e. The molecule has 1 fully saturated rings. The van der Waals surface area contributed by atoms with Gasteiger partial charge in [-0.05, 0) is 63.8 Å². The first-order chi connectivity index (χ1) is 15.7. The van der Waals surface area contributed by atoms with Crippen LogP contribution in [0.1, 0.15) is 39.8 Å². The van der Waals surface area contributed by atoms with Crippen molar-refractivity contribution in [3.63, 3.8) is 0 Å². The number of benzene rings is 2. The van der Waals surface area contributed by atoms with E-state index >= 15 is 0 Å². The Bertz CT molecular complexity index is 1260. The van der Waals surface area contributed by atoms with Gasteiger partial charge in [-0.2, -0.15) is 0 Å². The lowest BCUT2D eigenvalue weighted by atomic mass is 9.91. The van der Waals surface area contributed by atoms with Crippen molar-refractivity contribution in [1.82, 2.24) is 14.8 Å². The van der Waals surface area contributed by atoms with Gasteiger partial charge in [0.05, 0.1) is 6.54 Å². The molecular formula is C26H27N3O3S. The zero-order chi connectivity index (χ0) is 23.9. The molecule has 1 saturated heterocycles. The van der Waals surface area contributed by atoms with E-state index < -0.39 is 17.5 Å². The molecule has 2 heterocycles. The Labute approximate surface area is 198 Å². The minimum absolute atomic E-state index is 0.271. The van der Waals surface area contributed by atoms with Gasteiger partial charge in [0.2, 0.25) is 0 Å². The van der Waals surface area contributed by atoms with Crippen molar-refractivity contribution in [2.45, 2.75) is 38.1 Å². The van der Waals surface area contributed by atoms with Crippen molar-refractivity contribution >= 4 is 29.5 Å². The molecule has 3 aromatic rings. The van der Waals surface area contributed by atoms with Crippen molar-refractivity contribution < 1.29 is 14.4 Å². The predicted octanol–water partition coefficient (Wildman–Crippen LogP) is 4.77. The highest BCUT2D eigenvalue weighted by molar-refractivity contribution is 7.98. The number of nitrogens with zero attached hydrogens (tertiary/aromatic N) is 2. The second kappa shape index (κ2) is 8.56. The normalized spacial score (nSPS) is 18.0. The number of imide groups is 1. The maximum Gasteiger partial charge on any atom is 0.325 e. The number of ketones is 1. The zero-order valence-corrected chi connectivity index (χ0v) is 20.2. The van der Waals surface area contributed by atoms with Gasteiger partial charge in [0.15, 0.2) is 5.78 Å². The molecule has 1 aliphatic heterocycles. The van der Waals surface area contributed by atoms with E-state index in [1.807, 2.05) is 80.1 Å². The van der Waals surface area contributed by atoms with E-state index in [2.05, 4.69) is 11.4 Å². The Kier molecular flexibility index (Phi) is 5.93. The maximum absolute atomic E-state index is 13.2. The SMILES string of the molecule is CSc1cccc(-n2c(C)cc(C(=O)CN3C(=O)NC(C)(c4ccc(C)cc4)C3=O)c2C)c1. The molecule has 7 heteroatoms. The third kappa shape index (κ3) is 3.97. The molecule has 170 valence electrons. The number of urea groups is 1. The van der Waals surface area contributed by atoms with Crippen LogP contribution >= 0.6 is 11.8 Å². The molecule has 4 rings (SSSR count). The van der Waals surface area contributed by atoms with Gasteiger partial charge in [0.25, 0.3) is 5.91 Å². The van der Waals surface area contributed by atoms with Gasteiger partial charge in [-0.25, -0.2) is 4.79 Å². The molecule has 0 aliphatic carbocycles. The third-order valence-electron chi connectivity index (χ3n) is 6.25. The Balaban J connectivity index is 1.60. The fraction of sp³-hybridized carbons (Fsp3) is 0.269. The number of aryl methyl sites for hydroxylation is 2. The molecular weight excluding hydrogens is 434 g/mol. The lowest BCUT2D eigenvalue weighted by Gasteiger charge is -2.22. The number of amides is 3. The first kappa shape index (κ1) is 22.9. The van der Waals surface area contributed by atoms with E-state index in [0.29, 0.717) is 11.1 Å². The summed E-state index contributed by atoms with van der Waals surface area (Å²) in [6, 6.07) is 16.8. The van der Waals surface area contributed by atoms with Crippen molar-refractivity contribution in [2.24, 2.45) is 0 Å². The quantitative estimate of drug-likeness (QED) is 0.326. The number of thioether (sulfide) groups is 1. The number of aromatic nitrogens is 1. The Morgan fingerprint density at radius 3 is 2.39 bits per heavy atom. The highest BCUT2D eigenvalue weighted by Gasteiger charge is 2.49. The van der Waals surface area contributed by atoms with Crippen molar-refractivity contribution in [2.75, 3.05) is 12.8 Å². The number of carbonyl (C=O) groups excluding carboxylic acids is 3. The highest BCUT2D eigenvalue weighted by Crippen LogP contribution is 2.30. The van der Waals surface area contributed by atoms with Crippen LogP contribution in [-0.2, 0) is 10.3 Å². The predicted molar refractivity (Wildman–Crippen MR) is 130 cm³/mol. The number of hydrogen-bond donors (Lipinski definition) is 1. The van der Waals surface area contributed by atoms with Gasteiger partial charge in [0.1, 0.15) is 5.54 Å². The summed E-state index contributed by atoms with van der Waals surface area (Å²) in [6.07, 6.45) is 2.02. The van der Waals surface area contributed by atoms with Gasteiger partial charge < -0.3 is 9.88 Å². The summed E-state index contributed by atoms with van der Waals surface area (Å²) in [5, 5.41) is 2.77. The first-order valence-corrected chi connectivity index (χ1v) is 12.0. The van der Waals surface area contributed by atoms with Crippen LogP contribution in [0, 0.1) is 20.8 Å². The molecule has 1 unspecified atom stereocenters. The molecule has 1 atom stereocenters. The molecule has 1 N–H and O–H groups in total. The molecule has 0 saturated carbocycles. The van der Waals surface area contributed by atoms with E-state index in [9.17, 15) is 14.4 Å². The van der Waals surface area contributed by atoms with Crippen LogP contribution in [0.15, 0.2) is 59.5 Å². The molecule has 1 aromatic heterocycles. The summed E-state index contributed by atoms with van der Waals surface area (Å²) < 4.78 is 2.02. The average molecular weight is 462 g/mol. The van der Waals surface area contributed by atoms with Gasteiger partial charge >= 0.3 is 6.03 Å². The largest absolute Gasteiger partial charge is 0.325 e. The van der Waals surface area contributed by atoms with Crippen LogP contribution in [0.5, 0.6) is 0 Å². The first-order valence-electron chi connectivity index (χ1n) is 10.7. The van der Waals surface area contributed by atoms with E-state index in [1.165, 1.54) is 0 Å². The van der Waals surface area contributed by atoms with E-state index in [1.54, 1.807) is 18.7 Å². The van der Waals surface area contributed by atoms with Crippen LogP contribution in [0.3, 0.4) is 0 Å². The minimum atomic E-state index is -1.19. The summed E-state index contributed by atoms with van der Waals surface area (Å²) in [5.74, 6) is -0.696. The standard InChI is InChI=1S/C26H27N3O3S/c1-16-9-11-19(12-10-16)26(4)24(31)28(25(32)27-26)15-23(30)22-13-17(2)29(18(22)3)20-7-6-8-21(14-20)33-5/h6-14H,15H2,1-5H3,(H,27,32). The van der Waals surface area contributed by atoms with Gasteiger partial charge in [-0.3, -0.25) is 14.5 Å². The van der Waals surface area contributed by atoms with Crippen LogP contribution in [0.25, 0.3) is 5.69 Å². The Morgan fingerprint density at radius 2 is 1.73 bits per heavy atom. The summed E-state index contributed by atoms with van der Waals surface area (Å²) in [7, 11) is 0. The van der Waals surface area contributed by atoms with Gasteiger partial charge in [-0.15, -0.1) is 11.8 Å². The molecule has 0 spiro atoms. The number of Topliss-reactive ketones (excluding diaryl/α,β-unsaturated/α-hetero) is 1. The lowest BCUT2D eigenvalue weighted by molar-refractivity contribution is -0.130. The van der Waals surface area contributed by atoms with E-state index in [4.69, 9.17) is 0 Å². The summed E-state index contributed by atoms with van der Waals surface area (Å²) in [5.41, 5.74) is 3.72. The topological polar surface area (TPSA) is 71.4 Å². The molecule has 3 amide bonds. The summed E-state index contributed by atoms with van der Waals surface area (Å²) in [6.45, 7) is 7.15. The number of rotatable bonds is 6. The van der Waals surface area contributed by atoms with Crippen LogP contribution in [-0.4, -0.2) is 40.0 Å². The van der Waals surface area contributed by atoms with Crippen molar-refractivity contribution in [3.8, 4) is 5.69 Å². The molecule has 0 radical (unpaired) electrons. The fourth-order valence-electron chi connectivity index (χ4n) is 4.34. The van der Waals surface area contributed by atoms with Gasteiger partial charge in [0, 0.05) is 27.5 Å². The molecule has 6 nitrogen and oxygen atoms in total. The second-order valence-corrected chi connectivity index (χ2v) is 9.44. The second-order valence-electron chi connectivity index (χ2n) is 8.56. The lowest BCUT2D eigenvalue weighted by Crippen LogP contribution is -2.41. The number of carbonyl (C=O) groups is 3. The number of nitrogens with one attached hydrogen (secondary N) is 1. The highest BCUT2D eigenvalue weighted by atomic mass is 32.2. The summed E-state index contributed by atoms with van der Waals surface area (Å²) >= 11 is 1.65. The molecule has 2 aromatic carbocycles. The van der Waals surface area contributed by atoms with E-state index in [-0.39, 0.29) is 12.3 Å². The number of hydrogen-bond acceptors (Lipinski definition) is 4. The minimum Gasteiger partial charge on any atom is -0.319 e. The third-order valence-corrected chi connectivity index (χ3v) is 6.97. The molecule has 1 aliphatic rings.